The van der Waals surface area contributed by atoms with Gasteiger partial charge in [0.25, 0.3) is 0 Å². The van der Waals surface area contributed by atoms with Crippen LogP contribution in [0.15, 0.2) is 36.4 Å². The fourth-order valence-corrected chi connectivity index (χ4v) is 3.92. The number of para-hydroxylation sites is 1. The molecule has 24 heavy (non-hydrogen) atoms. The van der Waals surface area contributed by atoms with Crippen molar-refractivity contribution in [3.63, 3.8) is 0 Å². The number of thiophene rings is 1. The second-order valence-corrected chi connectivity index (χ2v) is 7.49. The molecule has 1 aromatic heterocycles. The summed E-state index contributed by atoms with van der Waals surface area (Å²) in [5, 5.41) is 2.97. The minimum Gasteiger partial charge on any atom is -0.351 e. The first-order valence-electron chi connectivity index (χ1n) is 8.29. The number of aryl methyl sites for hydroxylation is 2. The number of nitrogens with one attached hydrogen (secondary N) is 1. The van der Waals surface area contributed by atoms with Gasteiger partial charge in [-0.05, 0) is 37.1 Å². The molecule has 1 aromatic carbocycles. The van der Waals surface area contributed by atoms with Crippen molar-refractivity contribution in [1.29, 1.82) is 0 Å². The van der Waals surface area contributed by atoms with Gasteiger partial charge >= 0.3 is 0 Å². The molecule has 126 valence electrons. The molecule has 2 amide bonds. The Morgan fingerprint density at radius 1 is 1.29 bits per heavy atom. The summed E-state index contributed by atoms with van der Waals surface area (Å²) in [6.07, 6.45) is 1.15. The van der Waals surface area contributed by atoms with E-state index < -0.39 is 0 Å². The van der Waals surface area contributed by atoms with E-state index in [0.29, 0.717) is 13.1 Å². The molecule has 0 spiro atoms. The van der Waals surface area contributed by atoms with Crippen LogP contribution in [0.4, 0.5) is 5.69 Å². The van der Waals surface area contributed by atoms with Crippen LogP contribution in [-0.2, 0) is 22.6 Å². The van der Waals surface area contributed by atoms with Gasteiger partial charge in [-0.3, -0.25) is 9.59 Å². The molecule has 4 nitrogen and oxygen atoms in total. The van der Waals surface area contributed by atoms with E-state index in [0.717, 1.165) is 22.5 Å². The molecule has 1 N–H and O–H groups in total. The summed E-state index contributed by atoms with van der Waals surface area (Å²) in [5.41, 5.74) is 2.08. The van der Waals surface area contributed by atoms with Crippen LogP contribution >= 0.6 is 11.3 Å². The van der Waals surface area contributed by atoms with Crippen molar-refractivity contribution in [2.45, 2.75) is 33.2 Å². The van der Waals surface area contributed by atoms with Crippen molar-refractivity contribution < 1.29 is 9.59 Å². The Labute approximate surface area is 146 Å². The number of carbonyl (C=O) groups excluding carboxylic acids is 2. The second kappa shape index (κ2) is 7.18. The summed E-state index contributed by atoms with van der Waals surface area (Å²) in [6, 6.07) is 12.0. The normalized spacial score (nSPS) is 17.3. The van der Waals surface area contributed by atoms with E-state index in [1.54, 1.807) is 16.2 Å². The van der Waals surface area contributed by atoms with Gasteiger partial charge in [0.15, 0.2) is 0 Å². The molecule has 0 saturated carbocycles. The maximum Gasteiger partial charge on any atom is 0.227 e. The molecule has 2 aromatic rings. The van der Waals surface area contributed by atoms with Crippen molar-refractivity contribution in [2.75, 3.05) is 11.4 Å². The van der Waals surface area contributed by atoms with Gasteiger partial charge in [-0.1, -0.05) is 25.1 Å². The molecule has 1 aliphatic rings. The standard InChI is InChI=1S/C19H22N2O2S/c1-3-14-6-4-5-7-17(14)21-12-15(10-18(21)22)19(23)20-11-16-9-8-13(2)24-16/h4-9,15H,3,10-12H2,1-2H3,(H,20,23). The predicted octanol–water partition coefficient (Wildman–Crippen LogP) is 3.29. The van der Waals surface area contributed by atoms with Crippen LogP contribution in [0.1, 0.15) is 28.7 Å². The highest BCUT2D eigenvalue weighted by Crippen LogP contribution is 2.28. The van der Waals surface area contributed by atoms with E-state index in [1.165, 1.54) is 4.88 Å². The number of benzene rings is 1. The Bertz CT molecular complexity index is 753. The monoisotopic (exact) mass is 342 g/mol. The molecule has 0 aliphatic carbocycles. The zero-order chi connectivity index (χ0) is 17.1. The van der Waals surface area contributed by atoms with Crippen molar-refractivity contribution in [3.8, 4) is 0 Å². The lowest BCUT2D eigenvalue weighted by Crippen LogP contribution is -2.32. The van der Waals surface area contributed by atoms with Crippen LogP contribution in [-0.4, -0.2) is 18.4 Å². The fraction of sp³-hybridized carbons (Fsp3) is 0.368. The molecule has 0 bridgehead atoms. The van der Waals surface area contributed by atoms with Gasteiger partial charge in [0.1, 0.15) is 0 Å². The van der Waals surface area contributed by atoms with E-state index in [-0.39, 0.29) is 24.2 Å². The molecular formula is C19H22N2O2S. The van der Waals surface area contributed by atoms with E-state index in [2.05, 4.69) is 25.2 Å². The molecule has 2 heterocycles. The molecule has 1 unspecified atom stereocenters. The first kappa shape index (κ1) is 16.7. The molecule has 5 heteroatoms. The Balaban J connectivity index is 1.64. The van der Waals surface area contributed by atoms with Gasteiger partial charge in [-0.15, -0.1) is 11.3 Å². The highest BCUT2D eigenvalue weighted by atomic mass is 32.1. The van der Waals surface area contributed by atoms with Gasteiger partial charge in [0.2, 0.25) is 11.8 Å². The van der Waals surface area contributed by atoms with Crippen LogP contribution < -0.4 is 10.2 Å². The molecule has 0 radical (unpaired) electrons. The highest BCUT2D eigenvalue weighted by Gasteiger charge is 2.35. The molecule has 1 saturated heterocycles. The summed E-state index contributed by atoms with van der Waals surface area (Å²) in [5.74, 6) is -0.280. The Hall–Kier alpha value is -2.14. The number of anilines is 1. The number of nitrogens with zero attached hydrogens (tertiary/aromatic N) is 1. The van der Waals surface area contributed by atoms with E-state index in [4.69, 9.17) is 0 Å². The largest absolute Gasteiger partial charge is 0.351 e. The van der Waals surface area contributed by atoms with E-state index in [9.17, 15) is 9.59 Å². The van der Waals surface area contributed by atoms with Crippen molar-refractivity contribution in [2.24, 2.45) is 5.92 Å². The topological polar surface area (TPSA) is 49.4 Å². The van der Waals surface area contributed by atoms with Crippen LogP contribution in [0.2, 0.25) is 0 Å². The molecule has 3 rings (SSSR count). The highest BCUT2D eigenvalue weighted by molar-refractivity contribution is 7.11. The zero-order valence-electron chi connectivity index (χ0n) is 14.0. The third-order valence-corrected chi connectivity index (χ3v) is 5.39. The van der Waals surface area contributed by atoms with Crippen LogP contribution in [0.5, 0.6) is 0 Å². The quantitative estimate of drug-likeness (QED) is 0.906. The minimum absolute atomic E-state index is 0.0306. The molecule has 1 aliphatic heterocycles. The lowest BCUT2D eigenvalue weighted by molar-refractivity contribution is -0.126. The maximum absolute atomic E-state index is 12.4. The molecule has 1 atom stereocenters. The summed E-state index contributed by atoms with van der Waals surface area (Å²) in [7, 11) is 0. The number of hydrogen-bond donors (Lipinski definition) is 1. The lowest BCUT2D eigenvalue weighted by atomic mass is 10.1. The zero-order valence-corrected chi connectivity index (χ0v) is 14.9. The molecule has 1 fully saturated rings. The van der Waals surface area contributed by atoms with Gasteiger partial charge in [-0.2, -0.15) is 0 Å². The predicted molar refractivity (Wildman–Crippen MR) is 97.2 cm³/mol. The fourth-order valence-electron chi connectivity index (χ4n) is 3.09. The Kier molecular flexibility index (Phi) is 5.00. The third kappa shape index (κ3) is 3.51. The smallest absolute Gasteiger partial charge is 0.227 e. The van der Waals surface area contributed by atoms with Gasteiger partial charge in [0.05, 0.1) is 12.5 Å². The van der Waals surface area contributed by atoms with Crippen LogP contribution in [0, 0.1) is 12.8 Å². The summed E-state index contributed by atoms with van der Waals surface area (Å²) >= 11 is 1.68. The van der Waals surface area contributed by atoms with E-state index >= 15 is 0 Å². The first-order chi connectivity index (χ1) is 11.6. The summed E-state index contributed by atoms with van der Waals surface area (Å²) in [6.45, 7) is 5.12. The number of rotatable bonds is 5. The Morgan fingerprint density at radius 3 is 2.79 bits per heavy atom. The second-order valence-electron chi connectivity index (χ2n) is 6.12. The first-order valence-corrected chi connectivity index (χ1v) is 9.11. The van der Waals surface area contributed by atoms with Crippen molar-refractivity contribution >= 4 is 28.8 Å². The van der Waals surface area contributed by atoms with Crippen LogP contribution in [0.3, 0.4) is 0 Å². The van der Waals surface area contributed by atoms with Crippen molar-refractivity contribution in [3.05, 3.63) is 51.7 Å². The van der Waals surface area contributed by atoms with Crippen LogP contribution in [0.25, 0.3) is 0 Å². The minimum atomic E-state index is -0.275. The number of amides is 2. The summed E-state index contributed by atoms with van der Waals surface area (Å²) < 4.78 is 0. The molecular weight excluding hydrogens is 320 g/mol. The van der Waals surface area contributed by atoms with E-state index in [1.807, 2.05) is 30.3 Å². The SMILES string of the molecule is CCc1ccccc1N1CC(C(=O)NCc2ccc(C)s2)CC1=O. The maximum atomic E-state index is 12.4. The Morgan fingerprint density at radius 2 is 2.08 bits per heavy atom. The van der Waals surface area contributed by atoms with Crippen molar-refractivity contribution in [1.82, 2.24) is 5.32 Å². The summed E-state index contributed by atoms with van der Waals surface area (Å²) in [4.78, 5) is 28.9. The van der Waals surface area contributed by atoms with Gasteiger partial charge in [0, 0.05) is 28.4 Å². The number of hydrogen-bond acceptors (Lipinski definition) is 3. The average molecular weight is 342 g/mol. The average Bonchev–Trinajstić information content (AvgIpc) is 3.18. The lowest BCUT2D eigenvalue weighted by Gasteiger charge is -2.19. The van der Waals surface area contributed by atoms with Gasteiger partial charge in [-0.25, -0.2) is 0 Å². The number of carbonyl (C=O) groups is 2. The van der Waals surface area contributed by atoms with Gasteiger partial charge < -0.3 is 10.2 Å². The third-order valence-electron chi connectivity index (χ3n) is 4.39.